The predicted molar refractivity (Wildman–Crippen MR) is 75.4 cm³/mol. The molecule has 0 aliphatic heterocycles. The zero-order valence-electron chi connectivity index (χ0n) is 10.5. The smallest absolute Gasteiger partial charge is 0.335 e. The van der Waals surface area contributed by atoms with Crippen LogP contribution in [-0.2, 0) is 0 Å². The maximum Gasteiger partial charge on any atom is 0.335 e. The Bertz CT molecular complexity index is 585. The minimum absolute atomic E-state index is 0. The fourth-order valence-electron chi connectivity index (χ4n) is 1.50. The molecule has 19 heavy (non-hydrogen) atoms. The molecule has 0 bridgehead atoms. The summed E-state index contributed by atoms with van der Waals surface area (Å²) < 4.78 is 0. The van der Waals surface area contributed by atoms with Gasteiger partial charge in [0, 0.05) is 16.9 Å². The van der Waals surface area contributed by atoms with Gasteiger partial charge in [-0.15, -0.1) is 12.4 Å². The molecule has 2 rings (SSSR count). The van der Waals surface area contributed by atoms with E-state index in [4.69, 9.17) is 5.11 Å². The second-order valence-electron chi connectivity index (χ2n) is 3.94. The standard InChI is InChI=1S/C13H13N3O2.ClH/c1-8-9(2)14-7-15-12(8)16-11-5-3-10(4-6-11)13(17)18;/h3-7H,1-2H3,(H,17,18)(H,14,15,16);1H. The molecule has 0 fully saturated rings. The summed E-state index contributed by atoms with van der Waals surface area (Å²) in [6, 6.07) is 6.52. The molecule has 0 spiro atoms. The van der Waals surface area contributed by atoms with E-state index >= 15 is 0 Å². The van der Waals surface area contributed by atoms with Gasteiger partial charge in [-0.2, -0.15) is 0 Å². The van der Waals surface area contributed by atoms with Crippen molar-refractivity contribution < 1.29 is 9.90 Å². The summed E-state index contributed by atoms with van der Waals surface area (Å²) in [6.45, 7) is 3.85. The topological polar surface area (TPSA) is 75.1 Å². The molecule has 0 aliphatic rings. The molecule has 1 heterocycles. The molecule has 2 N–H and O–H groups in total. The number of aryl methyl sites for hydroxylation is 1. The molecular formula is C13H14ClN3O2. The van der Waals surface area contributed by atoms with Gasteiger partial charge >= 0.3 is 5.97 Å². The number of benzene rings is 1. The van der Waals surface area contributed by atoms with E-state index in [1.54, 1.807) is 24.3 Å². The first kappa shape index (κ1) is 14.9. The number of rotatable bonds is 3. The minimum atomic E-state index is -0.935. The number of nitrogens with zero attached hydrogens (tertiary/aromatic N) is 2. The molecule has 6 heteroatoms. The highest BCUT2D eigenvalue weighted by molar-refractivity contribution is 5.88. The molecule has 0 amide bonds. The molecule has 1 aromatic carbocycles. The Morgan fingerprint density at radius 2 is 1.79 bits per heavy atom. The van der Waals surface area contributed by atoms with Gasteiger partial charge in [0.25, 0.3) is 0 Å². The summed E-state index contributed by atoms with van der Waals surface area (Å²) >= 11 is 0. The number of hydrogen-bond acceptors (Lipinski definition) is 4. The van der Waals surface area contributed by atoms with Gasteiger partial charge in [-0.3, -0.25) is 0 Å². The van der Waals surface area contributed by atoms with Crippen LogP contribution in [0.25, 0.3) is 0 Å². The van der Waals surface area contributed by atoms with E-state index in [1.807, 2.05) is 13.8 Å². The molecule has 1 aromatic heterocycles. The van der Waals surface area contributed by atoms with Gasteiger partial charge in [-0.25, -0.2) is 14.8 Å². The molecule has 0 saturated heterocycles. The predicted octanol–water partition coefficient (Wildman–Crippen LogP) is 2.96. The van der Waals surface area contributed by atoms with Gasteiger partial charge in [0.1, 0.15) is 12.1 Å². The molecule has 0 aliphatic carbocycles. The number of aromatic carboxylic acids is 1. The molecule has 100 valence electrons. The van der Waals surface area contributed by atoms with Crippen LogP contribution in [0.15, 0.2) is 30.6 Å². The van der Waals surface area contributed by atoms with Crippen LogP contribution in [0.2, 0.25) is 0 Å². The zero-order chi connectivity index (χ0) is 13.1. The van der Waals surface area contributed by atoms with E-state index in [2.05, 4.69) is 15.3 Å². The lowest BCUT2D eigenvalue weighted by atomic mass is 10.2. The number of carboxylic acids is 1. The third-order valence-corrected chi connectivity index (χ3v) is 2.73. The number of nitrogens with one attached hydrogen (secondary N) is 1. The number of aromatic nitrogens is 2. The lowest BCUT2D eigenvalue weighted by molar-refractivity contribution is 0.0697. The highest BCUT2D eigenvalue weighted by atomic mass is 35.5. The molecule has 0 saturated carbocycles. The van der Waals surface area contributed by atoms with Crippen molar-refractivity contribution in [2.75, 3.05) is 5.32 Å². The van der Waals surface area contributed by atoms with E-state index in [0.717, 1.165) is 22.8 Å². The average Bonchev–Trinajstić information content (AvgIpc) is 2.36. The van der Waals surface area contributed by atoms with Crippen LogP contribution in [0.1, 0.15) is 21.6 Å². The van der Waals surface area contributed by atoms with Crippen LogP contribution < -0.4 is 5.32 Å². The van der Waals surface area contributed by atoms with Crippen molar-refractivity contribution in [3.8, 4) is 0 Å². The van der Waals surface area contributed by atoms with Crippen molar-refractivity contribution in [3.05, 3.63) is 47.4 Å². The average molecular weight is 280 g/mol. The fraction of sp³-hybridized carbons (Fsp3) is 0.154. The summed E-state index contributed by atoms with van der Waals surface area (Å²) in [5, 5.41) is 11.9. The highest BCUT2D eigenvalue weighted by Gasteiger charge is 2.05. The second kappa shape index (κ2) is 6.15. The number of hydrogen-bond donors (Lipinski definition) is 2. The van der Waals surface area contributed by atoms with Crippen LogP contribution in [0, 0.1) is 13.8 Å². The van der Waals surface area contributed by atoms with Gasteiger partial charge in [0.2, 0.25) is 0 Å². The SMILES string of the molecule is Cc1ncnc(Nc2ccc(C(=O)O)cc2)c1C.Cl. The summed E-state index contributed by atoms with van der Waals surface area (Å²) in [7, 11) is 0. The fourth-order valence-corrected chi connectivity index (χ4v) is 1.50. The van der Waals surface area contributed by atoms with Crippen LogP contribution in [0.5, 0.6) is 0 Å². The lowest BCUT2D eigenvalue weighted by Crippen LogP contribution is -2.00. The lowest BCUT2D eigenvalue weighted by Gasteiger charge is -2.09. The Hall–Kier alpha value is -2.14. The summed E-state index contributed by atoms with van der Waals surface area (Å²) in [5.74, 6) is -0.207. The van der Waals surface area contributed by atoms with Crippen molar-refractivity contribution in [3.63, 3.8) is 0 Å². The van der Waals surface area contributed by atoms with Crippen LogP contribution in [0.4, 0.5) is 11.5 Å². The largest absolute Gasteiger partial charge is 0.478 e. The summed E-state index contributed by atoms with van der Waals surface area (Å²) in [4.78, 5) is 19.0. The highest BCUT2D eigenvalue weighted by Crippen LogP contribution is 2.19. The van der Waals surface area contributed by atoms with Crippen molar-refractivity contribution in [1.82, 2.24) is 9.97 Å². The van der Waals surface area contributed by atoms with E-state index in [9.17, 15) is 4.79 Å². The van der Waals surface area contributed by atoms with Crippen molar-refractivity contribution in [1.29, 1.82) is 0 Å². The van der Waals surface area contributed by atoms with Gasteiger partial charge in [0.05, 0.1) is 5.56 Å². The van der Waals surface area contributed by atoms with Gasteiger partial charge in [-0.1, -0.05) is 0 Å². The molecule has 5 nitrogen and oxygen atoms in total. The number of halogens is 1. The first-order chi connectivity index (χ1) is 8.58. The van der Waals surface area contributed by atoms with Crippen LogP contribution in [-0.4, -0.2) is 21.0 Å². The normalized spacial score (nSPS) is 9.58. The van der Waals surface area contributed by atoms with Crippen LogP contribution in [0.3, 0.4) is 0 Å². The molecule has 0 unspecified atom stereocenters. The number of carboxylic acid groups (broad SMARTS) is 1. The van der Waals surface area contributed by atoms with Gasteiger partial charge < -0.3 is 10.4 Å². The molecule has 0 atom stereocenters. The third kappa shape index (κ3) is 3.42. The van der Waals surface area contributed by atoms with Gasteiger partial charge in [-0.05, 0) is 38.1 Å². The Balaban J connectivity index is 0.00000180. The van der Waals surface area contributed by atoms with E-state index in [0.29, 0.717) is 0 Å². The quantitative estimate of drug-likeness (QED) is 0.903. The van der Waals surface area contributed by atoms with E-state index in [1.165, 1.54) is 6.33 Å². The van der Waals surface area contributed by atoms with Gasteiger partial charge in [0.15, 0.2) is 0 Å². The maximum absolute atomic E-state index is 10.7. The molecule has 0 radical (unpaired) electrons. The number of carbonyl (C=O) groups is 1. The van der Waals surface area contributed by atoms with Crippen molar-refractivity contribution in [2.24, 2.45) is 0 Å². The Labute approximate surface area is 117 Å². The number of anilines is 2. The monoisotopic (exact) mass is 279 g/mol. The minimum Gasteiger partial charge on any atom is -0.478 e. The van der Waals surface area contributed by atoms with E-state index < -0.39 is 5.97 Å². The van der Waals surface area contributed by atoms with E-state index in [-0.39, 0.29) is 18.0 Å². The Kier molecular flexibility index (Phi) is 4.83. The Morgan fingerprint density at radius 1 is 1.16 bits per heavy atom. The first-order valence-electron chi connectivity index (χ1n) is 5.46. The third-order valence-electron chi connectivity index (χ3n) is 2.73. The van der Waals surface area contributed by atoms with Crippen LogP contribution >= 0.6 is 12.4 Å². The molecular weight excluding hydrogens is 266 g/mol. The summed E-state index contributed by atoms with van der Waals surface area (Å²) in [5.41, 5.74) is 2.94. The zero-order valence-corrected chi connectivity index (χ0v) is 11.4. The summed E-state index contributed by atoms with van der Waals surface area (Å²) in [6.07, 6.45) is 1.50. The second-order valence-corrected chi connectivity index (χ2v) is 3.94. The molecule has 2 aromatic rings. The Morgan fingerprint density at radius 3 is 2.37 bits per heavy atom. The van der Waals surface area contributed by atoms with Crippen molar-refractivity contribution in [2.45, 2.75) is 13.8 Å². The maximum atomic E-state index is 10.7. The van der Waals surface area contributed by atoms with Crippen molar-refractivity contribution >= 4 is 29.9 Å². The first-order valence-corrected chi connectivity index (χ1v) is 5.46.